The molecule has 1 atom stereocenters. The van der Waals surface area contributed by atoms with Crippen LogP contribution in [0, 0.1) is 6.92 Å². The van der Waals surface area contributed by atoms with E-state index in [1.165, 1.54) is 0 Å². The van der Waals surface area contributed by atoms with Gasteiger partial charge in [0.15, 0.2) is 0 Å². The van der Waals surface area contributed by atoms with Gasteiger partial charge in [-0.1, -0.05) is 6.07 Å². The predicted octanol–water partition coefficient (Wildman–Crippen LogP) is 2.41. The molecule has 0 aromatic carbocycles. The summed E-state index contributed by atoms with van der Waals surface area (Å²) in [4.78, 5) is 18.8. The first-order chi connectivity index (χ1) is 12.7. The summed E-state index contributed by atoms with van der Waals surface area (Å²) in [5, 5.41) is 3.05. The van der Waals surface area contributed by atoms with Crippen molar-refractivity contribution in [1.29, 1.82) is 0 Å². The molecule has 26 heavy (non-hydrogen) atoms. The average Bonchev–Trinajstić information content (AvgIpc) is 3.10. The molecule has 0 radical (unpaired) electrons. The van der Waals surface area contributed by atoms with Crippen molar-refractivity contribution in [3.8, 4) is 0 Å². The van der Waals surface area contributed by atoms with Crippen molar-refractivity contribution >= 4 is 17.7 Å². The van der Waals surface area contributed by atoms with E-state index in [1.807, 2.05) is 37.3 Å². The zero-order valence-corrected chi connectivity index (χ0v) is 15.8. The van der Waals surface area contributed by atoms with Crippen LogP contribution in [0.3, 0.4) is 0 Å². The number of thioether (sulfide) groups is 1. The molecule has 2 aromatic rings. The summed E-state index contributed by atoms with van der Waals surface area (Å²) in [5.41, 5.74) is 0.988. The van der Waals surface area contributed by atoms with E-state index in [1.54, 1.807) is 18.0 Å². The highest BCUT2D eigenvalue weighted by molar-refractivity contribution is 7.99. The Morgan fingerprint density at radius 1 is 1.31 bits per heavy atom. The van der Waals surface area contributed by atoms with E-state index in [-0.39, 0.29) is 11.9 Å². The second-order valence-corrected chi connectivity index (χ2v) is 7.22. The second-order valence-electron chi connectivity index (χ2n) is 6.23. The largest absolute Gasteiger partial charge is 0.465 e. The van der Waals surface area contributed by atoms with Gasteiger partial charge in [-0.2, -0.15) is 0 Å². The fourth-order valence-corrected chi connectivity index (χ4v) is 3.69. The smallest absolute Gasteiger partial charge is 0.230 e. The number of nitrogens with one attached hydrogen (secondary N) is 1. The van der Waals surface area contributed by atoms with Crippen LogP contribution in [0.25, 0.3) is 0 Å². The minimum absolute atomic E-state index is 0.0347. The number of ether oxygens (including phenoxy) is 1. The highest BCUT2D eigenvalue weighted by Gasteiger charge is 2.25. The van der Waals surface area contributed by atoms with E-state index in [0.29, 0.717) is 25.5 Å². The quantitative estimate of drug-likeness (QED) is 0.764. The van der Waals surface area contributed by atoms with E-state index in [2.05, 4.69) is 15.2 Å². The third-order valence-corrected chi connectivity index (χ3v) is 5.24. The Labute approximate surface area is 158 Å². The van der Waals surface area contributed by atoms with Gasteiger partial charge in [-0.15, -0.1) is 11.8 Å². The zero-order chi connectivity index (χ0) is 18.2. The van der Waals surface area contributed by atoms with Crippen molar-refractivity contribution in [2.75, 3.05) is 38.6 Å². The molecule has 1 fully saturated rings. The number of carbonyl (C=O) groups is 1. The molecular weight excluding hydrogens is 350 g/mol. The summed E-state index contributed by atoms with van der Waals surface area (Å²) in [6, 6.07) is 9.82. The Balaban J connectivity index is 1.49. The van der Waals surface area contributed by atoms with E-state index < -0.39 is 0 Å². The summed E-state index contributed by atoms with van der Waals surface area (Å²) in [6.45, 7) is 5.58. The molecule has 2 aromatic heterocycles. The molecule has 7 heteroatoms. The highest BCUT2D eigenvalue weighted by Crippen LogP contribution is 2.23. The minimum atomic E-state index is 0.0347. The van der Waals surface area contributed by atoms with E-state index >= 15 is 0 Å². The summed E-state index contributed by atoms with van der Waals surface area (Å²) < 4.78 is 11.3. The average molecular weight is 375 g/mol. The molecule has 1 aliphatic heterocycles. The van der Waals surface area contributed by atoms with Crippen LogP contribution >= 0.6 is 11.8 Å². The maximum atomic E-state index is 12.2. The topological polar surface area (TPSA) is 67.6 Å². The summed E-state index contributed by atoms with van der Waals surface area (Å²) >= 11 is 1.57. The molecule has 1 amide bonds. The van der Waals surface area contributed by atoms with Gasteiger partial charge in [0.1, 0.15) is 11.5 Å². The van der Waals surface area contributed by atoms with Crippen LogP contribution in [0.4, 0.5) is 0 Å². The Morgan fingerprint density at radius 2 is 2.15 bits per heavy atom. The maximum absolute atomic E-state index is 12.2. The van der Waals surface area contributed by atoms with Crippen LogP contribution in [-0.2, 0) is 15.3 Å². The van der Waals surface area contributed by atoms with E-state index in [0.717, 1.165) is 36.1 Å². The van der Waals surface area contributed by atoms with Gasteiger partial charge in [0.05, 0.1) is 30.7 Å². The van der Waals surface area contributed by atoms with Gasteiger partial charge in [0, 0.05) is 31.6 Å². The van der Waals surface area contributed by atoms with Crippen LogP contribution in [-0.4, -0.2) is 54.4 Å². The molecule has 1 unspecified atom stereocenters. The fourth-order valence-electron chi connectivity index (χ4n) is 2.92. The van der Waals surface area contributed by atoms with Gasteiger partial charge < -0.3 is 14.5 Å². The van der Waals surface area contributed by atoms with Gasteiger partial charge in [-0.25, -0.2) is 0 Å². The number of aryl methyl sites for hydroxylation is 1. The fraction of sp³-hybridized carbons (Fsp3) is 0.474. The third-order valence-electron chi connectivity index (χ3n) is 4.28. The van der Waals surface area contributed by atoms with Crippen molar-refractivity contribution in [2.24, 2.45) is 0 Å². The standard InChI is InChI=1S/C19H25N3O3S/c1-15-5-6-18(25-15)17(22-8-10-24-11-9-22)12-21-19(23)14-26-13-16-4-2-3-7-20-16/h2-7,17H,8-14H2,1H3,(H,21,23). The molecule has 0 saturated carbocycles. The van der Waals surface area contributed by atoms with E-state index in [9.17, 15) is 4.79 Å². The van der Waals surface area contributed by atoms with Gasteiger partial charge in [-0.05, 0) is 31.2 Å². The van der Waals surface area contributed by atoms with Crippen molar-refractivity contribution in [1.82, 2.24) is 15.2 Å². The van der Waals surface area contributed by atoms with E-state index in [4.69, 9.17) is 9.15 Å². The molecule has 3 rings (SSSR count). The molecule has 140 valence electrons. The molecule has 1 N–H and O–H groups in total. The number of aromatic nitrogens is 1. The van der Waals surface area contributed by atoms with Gasteiger partial charge in [0.25, 0.3) is 0 Å². The lowest BCUT2D eigenvalue weighted by Crippen LogP contribution is -2.44. The van der Waals surface area contributed by atoms with Crippen molar-refractivity contribution < 1.29 is 13.9 Å². The Bertz CT molecular complexity index is 686. The molecule has 0 bridgehead atoms. The number of hydrogen-bond donors (Lipinski definition) is 1. The van der Waals surface area contributed by atoms with Crippen LogP contribution in [0.2, 0.25) is 0 Å². The van der Waals surface area contributed by atoms with Crippen molar-refractivity contribution in [3.63, 3.8) is 0 Å². The van der Waals surface area contributed by atoms with Crippen molar-refractivity contribution in [2.45, 2.75) is 18.7 Å². The van der Waals surface area contributed by atoms with Crippen LogP contribution < -0.4 is 5.32 Å². The number of morpholine rings is 1. The lowest BCUT2D eigenvalue weighted by Gasteiger charge is -2.33. The van der Waals surface area contributed by atoms with Crippen LogP contribution in [0.5, 0.6) is 0 Å². The number of furan rings is 1. The molecule has 6 nitrogen and oxygen atoms in total. The molecule has 3 heterocycles. The number of amides is 1. The summed E-state index contributed by atoms with van der Waals surface area (Å²) in [7, 11) is 0. The first-order valence-electron chi connectivity index (χ1n) is 8.85. The lowest BCUT2D eigenvalue weighted by atomic mass is 10.1. The van der Waals surface area contributed by atoms with Gasteiger partial charge in [0.2, 0.25) is 5.91 Å². The van der Waals surface area contributed by atoms with Gasteiger partial charge in [-0.3, -0.25) is 14.7 Å². The minimum Gasteiger partial charge on any atom is -0.465 e. The summed E-state index contributed by atoms with van der Waals surface area (Å²) in [6.07, 6.45) is 1.77. The number of carbonyl (C=O) groups excluding carboxylic acids is 1. The molecule has 0 spiro atoms. The van der Waals surface area contributed by atoms with Crippen molar-refractivity contribution in [3.05, 3.63) is 53.7 Å². The molecular formula is C19H25N3O3S. The third kappa shape index (κ3) is 5.59. The maximum Gasteiger partial charge on any atom is 0.230 e. The molecule has 0 aliphatic carbocycles. The highest BCUT2D eigenvalue weighted by atomic mass is 32.2. The number of rotatable bonds is 8. The SMILES string of the molecule is Cc1ccc(C(CNC(=O)CSCc2ccccn2)N2CCOCC2)o1. The molecule has 1 aliphatic rings. The zero-order valence-electron chi connectivity index (χ0n) is 15.0. The number of nitrogens with zero attached hydrogens (tertiary/aromatic N) is 2. The van der Waals surface area contributed by atoms with Gasteiger partial charge >= 0.3 is 0 Å². The summed E-state index contributed by atoms with van der Waals surface area (Å²) in [5.74, 6) is 2.97. The predicted molar refractivity (Wildman–Crippen MR) is 102 cm³/mol. The first-order valence-corrected chi connectivity index (χ1v) is 10.0. The van der Waals surface area contributed by atoms with Crippen LogP contribution in [0.15, 0.2) is 40.9 Å². The normalized spacial score (nSPS) is 16.3. The number of hydrogen-bond acceptors (Lipinski definition) is 6. The Morgan fingerprint density at radius 3 is 2.85 bits per heavy atom. The molecule has 1 saturated heterocycles. The Hall–Kier alpha value is -1.83. The Kier molecular flexibility index (Phi) is 7.11. The lowest BCUT2D eigenvalue weighted by molar-refractivity contribution is -0.118. The first kappa shape index (κ1) is 18.9. The monoisotopic (exact) mass is 375 g/mol. The van der Waals surface area contributed by atoms with Crippen LogP contribution in [0.1, 0.15) is 23.3 Å². The number of pyridine rings is 1. The second kappa shape index (κ2) is 9.75.